The lowest BCUT2D eigenvalue weighted by molar-refractivity contribution is -0.115. The first-order valence-electron chi connectivity index (χ1n) is 6.10. The number of amides is 1. The quantitative estimate of drug-likeness (QED) is 0.833. The third-order valence-corrected chi connectivity index (χ3v) is 3.65. The first kappa shape index (κ1) is 15.8. The number of halogens is 2. The zero-order chi connectivity index (χ0) is 15.4. The Morgan fingerprint density at radius 2 is 1.90 bits per heavy atom. The molecule has 6 heteroatoms. The summed E-state index contributed by atoms with van der Waals surface area (Å²) in [5.74, 6) is -0.220. The number of nitrogens with one attached hydrogen (secondary N) is 1. The third kappa shape index (κ3) is 4.17. The minimum absolute atomic E-state index is 0.156. The fourth-order valence-electron chi connectivity index (χ4n) is 1.84. The molecule has 21 heavy (non-hydrogen) atoms. The minimum Gasteiger partial charge on any atom is -0.389 e. The predicted molar refractivity (Wildman–Crippen MR) is 91.1 cm³/mol. The first-order valence-corrected chi connectivity index (χ1v) is 7.26. The lowest BCUT2D eigenvalue weighted by atomic mass is 10.1. The Balaban J connectivity index is 2.18. The number of benzene rings is 2. The van der Waals surface area contributed by atoms with Crippen LogP contribution in [0.1, 0.15) is 11.1 Å². The second-order valence-corrected chi connectivity index (χ2v) is 5.65. The molecule has 1 amide bonds. The summed E-state index contributed by atoms with van der Waals surface area (Å²) in [6, 6.07) is 12.1. The van der Waals surface area contributed by atoms with Gasteiger partial charge < -0.3 is 11.1 Å². The van der Waals surface area contributed by atoms with Crippen molar-refractivity contribution in [3.8, 4) is 0 Å². The van der Waals surface area contributed by atoms with Crippen LogP contribution in [0, 0.1) is 0 Å². The first-order chi connectivity index (χ1) is 9.97. The van der Waals surface area contributed by atoms with Crippen LogP contribution in [0.15, 0.2) is 42.5 Å². The summed E-state index contributed by atoms with van der Waals surface area (Å²) in [6.45, 7) is 0. The number of hydrogen-bond donors (Lipinski definition) is 2. The van der Waals surface area contributed by atoms with Crippen LogP contribution in [0.2, 0.25) is 10.0 Å². The molecule has 2 aromatic carbocycles. The predicted octanol–water partition coefficient (Wildman–Crippen LogP) is 3.81. The minimum atomic E-state index is -0.220. The largest absolute Gasteiger partial charge is 0.389 e. The smallest absolute Gasteiger partial charge is 0.228 e. The van der Waals surface area contributed by atoms with Crippen LogP contribution >= 0.6 is 35.4 Å². The van der Waals surface area contributed by atoms with Crippen molar-refractivity contribution in [2.75, 3.05) is 5.32 Å². The van der Waals surface area contributed by atoms with Gasteiger partial charge in [-0.2, -0.15) is 0 Å². The number of carbonyl (C=O) groups excluding carboxylic acids is 1. The molecule has 0 atom stereocenters. The highest BCUT2D eigenvalue weighted by Crippen LogP contribution is 2.22. The van der Waals surface area contributed by atoms with Gasteiger partial charge in [0.2, 0.25) is 5.91 Å². The third-order valence-electron chi connectivity index (χ3n) is 2.83. The van der Waals surface area contributed by atoms with Gasteiger partial charge in [-0.05, 0) is 29.8 Å². The van der Waals surface area contributed by atoms with Gasteiger partial charge in [-0.15, -0.1) is 0 Å². The lowest BCUT2D eigenvalue weighted by Gasteiger charge is -2.11. The van der Waals surface area contributed by atoms with Crippen molar-refractivity contribution in [2.24, 2.45) is 5.73 Å². The normalized spacial score (nSPS) is 10.2. The maximum absolute atomic E-state index is 12.1. The summed E-state index contributed by atoms with van der Waals surface area (Å²) >= 11 is 16.9. The molecule has 0 aromatic heterocycles. The van der Waals surface area contributed by atoms with Gasteiger partial charge in [0.15, 0.2) is 0 Å². The molecular formula is C15H12Cl2N2OS. The second-order valence-electron chi connectivity index (χ2n) is 4.37. The van der Waals surface area contributed by atoms with Crippen molar-refractivity contribution in [1.82, 2.24) is 0 Å². The standard InChI is InChI=1S/C15H12Cl2N2OS/c16-10-5-6-11(15(18)21)13(8-10)19-14(20)7-9-3-1-2-4-12(9)17/h1-6,8H,7H2,(H2,18,21)(H,19,20). The summed E-state index contributed by atoms with van der Waals surface area (Å²) in [7, 11) is 0. The fraction of sp³-hybridized carbons (Fsp3) is 0.0667. The van der Waals surface area contributed by atoms with Crippen molar-refractivity contribution < 1.29 is 4.79 Å². The maximum atomic E-state index is 12.1. The highest BCUT2D eigenvalue weighted by Gasteiger charge is 2.11. The Bertz CT molecular complexity index is 704. The summed E-state index contributed by atoms with van der Waals surface area (Å²) in [5, 5.41) is 3.80. The maximum Gasteiger partial charge on any atom is 0.228 e. The molecule has 0 bridgehead atoms. The highest BCUT2D eigenvalue weighted by atomic mass is 35.5. The Kier molecular flexibility index (Phi) is 5.17. The van der Waals surface area contributed by atoms with Gasteiger partial charge in [0.25, 0.3) is 0 Å². The average Bonchev–Trinajstić information content (AvgIpc) is 2.41. The molecule has 0 aliphatic rings. The summed E-state index contributed by atoms with van der Waals surface area (Å²) in [4.78, 5) is 12.3. The molecule has 0 fully saturated rings. The fourth-order valence-corrected chi connectivity index (χ4v) is 2.40. The molecule has 3 N–H and O–H groups in total. The molecule has 0 unspecified atom stereocenters. The number of carbonyl (C=O) groups is 1. The van der Waals surface area contributed by atoms with Crippen LogP contribution in [-0.4, -0.2) is 10.9 Å². The van der Waals surface area contributed by atoms with E-state index in [1.807, 2.05) is 12.1 Å². The molecule has 108 valence electrons. The second kappa shape index (κ2) is 6.89. The topological polar surface area (TPSA) is 55.1 Å². The zero-order valence-corrected chi connectivity index (χ0v) is 13.2. The number of thiocarbonyl (C=S) groups is 1. The van der Waals surface area contributed by atoms with E-state index in [-0.39, 0.29) is 17.3 Å². The van der Waals surface area contributed by atoms with Gasteiger partial charge >= 0.3 is 0 Å². The van der Waals surface area contributed by atoms with E-state index in [2.05, 4.69) is 5.32 Å². The van der Waals surface area contributed by atoms with E-state index >= 15 is 0 Å². The van der Waals surface area contributed by atoms with Gasteiger partial charge in [0.1, 0.15) is 4.99 Å². The van der Waals surface area contributed by atoms with E-state index in [4.69, 9.17) is 41.2 Å². The van der Waals surface area contributed by atoms with Gasteiger partial charge in [-0.3, -0.25) is 4.79 Å². The van der Waals surface area contributed by atoms with Gasteiger partial charge in [0.05, 0.1) is 12.1 Å². The molecule has 0 aliphatic carbocycles. The van der Waals surface area contributed by atoms with E-state index in [0.29, 0.717) is 21.3 Å². The number of anilines is 1. The van der Waals surface area contributed by atoms with Crippen LogP contribution in [0.5, 0.6) is 0 Å². The molecule has 0 saturated heterocycles. The molecule has 0 heterocycles. The van der Waals surface area contributed by atoms with Crippen LogP contribution in [0.4, 0.5) is 5.69 Å². The molecule has 0 radical (unpaired) electrons. The van der Waals surface area contributed by atoms with Crippen LogP contribution < -0.4 is 11.1 Å². The molecule has 2 rings (SSSR count). The summed E-state index contributed by atoms with van der Waals surface area (Å²) < 4.78 is 0. The summed E-state index contributed by atoms with van der Waals surface area (Å²) in [6.07, 6.45) is 0.156. The van der Waals surface area contributed by atoms with Crippen LogP contribution in [0.3, 0.4) is 0 Å². The van der Waals surface area contributed by atoms with E-state index in [1.165, 1.54) is 0 Å². The van der Waals surface area contributed by atoms with Crippen molar-refractivity contribution in [3.05, 3.63) is 63.6 Å². The average molecular weight is 339 g/mol. The van der Waals surface area contributed by atoms with Crippen molar-refractivity contribution in [1.29, 1.82) is 0 Å². The summed E-state index contributed by atoms with van der Waals surface area (Å²) in [5.41, 5.74) is 7.44. The Hall–Kier alpha value is -1.62. The molecular weight excluding hydrogens is 327 g/mol. The van der Waals surface area contributed by atoms with Gasteiger partial charge in [-0.1, -0.05) is 53.6 Å². The Morgan fingerprint density at radius 1 is 1.19 bits per heavy atom. The number of hydrogen-bond acceptors (Lipinski definition) is 2. The van der Waals surface area contributed by atoms with E-state index in [9.17, 15) is 4.79 Å². The van der Waals surface area contributed by atoms with Crippen LogP contribution in [-0.2, 0) is 11.2 Å². The highest BCUT2D eigenvalue weighted by molar-refractivity contribution is 7.80. The van der Waals surface area contributed by atoms with Gasteiger partial charge in [-0.25, -0.2) is 0 Å². The Morgan fingerprint density at radius 3 is 2.57 bits per heavy atom. The van der Waals surface area contributed by atoms with Crippen molar-refractivity contribution >= 4 is 52.0 Å². The molecule has 3 nitrogen and oxygen atoms in total. The van der Waals surface area contributed by atoms with Crippen LogP contribution in [0.25, 0.3) is 0 Å². The molecule has 0 saturated carbocycles. The van der Waals surface area contributed by atoms with Gasteiger partial charge in [0, 0.05) is 15.6 Å². The van der Waals surface area contributed by atoms with E-state index in [0.717, 1.165) is 5.56 Å². The van der Waals surface area contributed by atoms with E-state index in [1.54, 1.807) is 30.3 Å². The van der Waals surface area contributed by atoms with Crippen molar-refractivity contribution in [2.45, 2.75) is 6.42 Å². The van der Waals surface area contributed by atoms with E-state index < -0.39 is 0 Å². The lowest BCUT2D eigenvalue weighted by Crippen LogP contribution is -2.19. The monoisotopic (exact) mass is 338 g/mol. The number of rotatable bonds is 4. The molecule has 0 aliphatic heterocycles. The zero-order valence-electron chi connectivity index (χ0n) is 10.9. The SMILES string of the molecule is NC(=S)c1ccc(Cl)cc1NC(=O)Cc1ccccc1Cl. The Labute approximate surface area is 138 Å². The van der Waals surface area contributed by atoms with Crippen molar-refractivity contribution in [3.63, 3.8) is 0 Å². The molecule has 0 spiro atoms. The molecule has 2 aromatic rings. The number of nitrogens with two attached hydrogens (primary N) is 1.